The van der Waals surface area contributed by atoms with E-state index in [9.17, 15) is 18.0 Å². The number of amides is 2. The maximum atomic E-state index is 11.2. The zero-order valence-electron chi connectivity index (χ0n) is 9.84. The maximum Gasteiger partial charge on any atom is 0.326 e. The van der Waals surface area contributed by atoms with Gasteiger partial charge < -0.3 is 20.8 Å². The summed E-state index contributed by atoms with van der Waals surface area (Å²) in [5, 5.41) is 21.7. The number of carbonyl (C=O) groups excluding carboxylic acids is 1. The van der Waals surface area contributed by atoms with Crippen molar-refractivity contribution < 1.29 is 28.2 Å². The summed E-state index contributed by atoms with van der Waals surface area (Å²) in [6.07, 6.45) is 0.874. The largest absolute Gasteiger partial charge is 0.480 e. The second-order valence-corrected chi connectivity index (χ2v) is 5.30. The molecule has 1 atom stereocenters. The van der Waals surface area contributed by atoms with Crippen LogP contribution in [0.5, 0.6) is 0 Å². The predicted octanol–water partition coefficient (Wildman–Crippen LogP) is -2.33. The Bertz CT molecular complexity index is 382. The molecule has 0 spiro atoms. The quantitative estimate of drug-likeness (QED) is 0.316. The summed E-state index contributed by atoms with van der Waals surface area (Å²) < 4.78 is 23.5. The SMILES string of the molecule is CS(=O)(=O)NCCNC(=O)NC(CCO)C(=O)O. The highest BCUT2D eigenvalue weighted by atomic mass is 32.2. The standard InChI is InChI=1S/C8H17N3O6S/c1-18(16,17)10-4-3-9-8(15)11-6(2-5-12)7(13)14/h6,10,12H,2-5H2,1H3,(H,13,14)(H2,9,11,15). The number of carboxylic acids is 1. The molecule has 0 aromatic carbocycles. The Kier molecular flexibility index (Phi) is 7.24. The van der Waals surface area contributed by atoms with Crippen LogP contribution in [-0.2, 0) is 14.8 Å². The maximum absolute atomic E-state index is 11.2. The molecule has 0 aromatic rings. The molecular weight excluding hydrogens is 266 g/mol. The van der Waals surface area contributed by atoms with Crippen molar-refractivity contribution in [2.24, 2.45) is 0 Å². The lowest BCUT2D eigenvalue weighted by Gasteiger charge is -2.13. The molecule has 0 heterocycles. The van der Waals surface area contributed by atoms with Crippen molar-refractivity contribution in [1.82, 2.24) is 15.4 Å². The summed E-state index contributed by atoms with van der Waals surface area (Å²) in [7, 11) is -3.32. The van der Waals surface area contributed by atoms with Gasteiger partial charge in [0.2, 0.25) is 10.0 Å². The first kappa shape index (κ1) is 16.6. The molecule has 0 saturated carbocycles. The van der Waals surface area contributed by atoms with Gasteiger partial charge in [0.05, 0.1) is 6.26 Å². The van der Waals surface area contributed by atoms with E-state index in [1.54, 1.807) is 0 Å². The van der Waals surface area contributed by atoms with Gasteiger partial charge in [0.25, 0.3) is 0 Å². The molecule has 0 rings (SSSR count). The Morgan fingerprint density at radius 1 is 1.28 bits per heavy atom. The molecule has 2 amide bonds. The van der Waals surface area contributed by atoms with Gasteiger partial charge in [-0.2, -0.15) is 0 Å². The van der Waals surface area contributed by atoms with Gasteiger partial charge in [0.15, 0.2) is 0 Å². The van der Waals surface area contributed by atoms with E-state index in [1.165, 1.54) is 0 Å². The summed E-state index contributed by atoms with van der Waals surface area (Å²) >= 11 is 0. The minimum absolute atomic E-state index is 0.00396. The van der Waals surface area contributed by atoms with Crippen molar-refractivity contribution in [2.45, 2.75) is 12.5 Å². The van der Waals surface area contributed by atoms with Crippen molar-refractivity contribution in [3.05, 3.63) is 0 Å². The molecule has 1 unspecified atom stereocenters. The zero-order chi connectivity index (χ0) is 14.2. The summed E-state index contributed by atoms with van der Waals surface area (Å²) in [5.74, 6) is -1.26. The van der Waals surface area contributed by atoms with Crippen LogP contribution in [0.25, 0.3) is 0 Å². The molecule has 10 heteroatoms. The van der Waals surface area contributed by atoms with E-state index in [0.29, 0.717) is 0 Å². The molecule has 0 aliphatic heterocycles. The average molecular weight is 283 g/mol. The number of sulfonamides is 1. The van der Waals surface area contributed by atoms with E-state index < -0.39 is 28.1 Å². The van der Waals surface area contributed by atoms with E-state index in [0.717, 1.165) is 6.26 Å². The molecule has 5 N–H and O–H groups in total. The number of nitrogens with one attached hydrogen (secondary N) is 3. The van der Waals surface area contributed by atoms with Crippen molar-refractivity contribution in [2.75, 3.05) is 26.0 Å². The highest BCUT2D eigenvalue weighted by molar-refractivity contribution is 7.88. The Balaban J connectivity index is 3.92. The Hall–Kier alpha value is -1.39. The minimum Gasteiger partial charge on any atom is -0.480 e. The lowest BCUT2D eigenvalue weighted by molar-refractivity contribution is -0.139. The number of carbonyl (C=O) groups is 2. The van der Waals surface area contributed by atoms with Gasteiger partial charge >= 0.3 is 12.0 Å². The summed E-state index contributed by atoms with van der Waals surface area (Å²) in [5.41, 5.74) is 0. The predicted molar refractivity (Wildman–Crippen MR) is 62.5 cm³/mol. The topological polar surface area (TPSA) is 145 Å². The van der Waals surface area contributed by atoms with Gasteiger partial charge in [0, 0.05) is 26.1 Å². The first-order valence-corrected chi connectivity index (χ1v) is 6.98. The van der Waals surface area contributed by atoms with Crippen LogP contribution in [0.3, 0.4) is 0 Å². The normalized spacial score (nSPS) is 12.8. The molecule has 0 radical (unpaired) electrons. The monoisotopic (exact) mass is 283 g/mol. The van der Waals surface area contributed by atoms with Crippen molar-refractivity contribution in [3.8, 4) is 0 Å². The fraction of sp³-hybridized carbons (Fsp3) is 0.750. The van der Waals surface area contributed by atoms with Crippen molar-refractivity contribution in [1.29, 1.82) is 0 Å². The summed E-state index contributed by atoms with van der Waals surface area (Å²) in [6.45, 7) is -0.346. The van der Waals surface area contributed by atoms with Gasteiger partial charge in [-0.3, -0.25) is 0 Å². The number of rotatable bonds is 8. The Morgan fingerprint density at radius 3 is 2.33 bits per heavy atom. The molecule has 0 saturated heterocycles. The van der Waals surface area contributed by atoms with E-state index in [2.05, 4.69) is 15.4 Å². The number of aliphatic hydroxyl groups is 1. The number of aliphatic carboxylic acids is 1. The van der Waals surface area contributed by atoms with Crippen LogP contribution in [0.4, 0.5) is 4.79 Å². The van der Waals surface area contributed by atoms with Gasteiger partial charge in [-0.25, -0.2) is 22.7 Å². The van der Waals surface area contributed by atoms with Crippen molar-refractivity contribution >= 4 is 22.0 Å². The van der Waals surface area contributed by atoms with Gasteiger partial charge in [0.1, 0.15) is 6.04 Å². The van der Waals surface area contributed by atoms with Crippen LogP contribution in [-0.4, -0.2) is 62.6 Å². The van der Waals surface area contributed by atoms with E-state index >= 15 is 0 Å². The summed E-state index contributed by atoms with van der Waals surface area (Å²) in [4.78, 5) is 21.9. The third-order valence-corrected chi connectivity index (χ3v) is 2.52. The molecule has 0 aromatic heterocycles. The van der Waals surface area contributed by atoms with Crippen LogP contribution in [0.1, 0.15) is 6.42 Å². The van der Waals surface area contributed by atoms with Crippen LogP contribution in [0.15, 0.2) is 0 Å². The van der Waals surface area contributed by atoms with Gasteiger partial charge in [-0.1, -0.05) is 0 Å². The van der Waals surface area contributed by atoms with Crippen LogP contribution >= 0.6 is 0 Å². The second-order valence-electron chi connectivity index (χ2n) is 3.47. The van der Waals surface area contributed by atoms with Crippen molar-refractivity contribution in [3.63, 3.8) is 0 Å². The smallest absolute Gasteiger partial charge is 0.326 e. The van der Waals surface area contributed by atoms with Crippen LogP contribution < -0.4 is 15.4 Å². The number of carboxylic acid groups (broad SMARTS) is 1. The second kappa shape index (κ2) is 7.84. The number of hydrogen-bond donors (Lipinski definition) is 5. The first-order chi connectivity index (χ1) is 8.26. The highest BCUT2D eigenvalue weighted by Gasteiger charge is 2.18. The lowest BCUT2D eigenvalue weighted by atomic mass is 10.2. The summed E-state index contributed by atoms with van der Waals surface area (Å²) in [6, 6.07) is -1.93. The fourth-order valence-electron chi connectivity index (χ4n) is 1.01. The minimum atomic E-state index is -3.32. The molecule has 18 heavy (non-hydrogen) atoms. The third-order valence-electron chi connectivity index (χ3n) is 1.80. The molecule has 106 valence electrons. The van der Waals surface area contributed by atoms with Crippen LogP contribution in [0, 0.1) is 0 Å². The zero-order valence-corrected chi connectivity index (χ0v) is 10.7. The van der Waals surface area contributed by atoms with E-state index in [-0.39, 0.29) is 26.1 Å². The molecule has 9 nitrogen and oxygen atoms in total. The number of hydrogen-bond acceptors (Lipinski definition) is 5. The first-order valence-electron chi connectivity index (χ1n) is 5.09. The molecule has 0 bridgehead atoms. The third kappa shape index (κ3) is 8.73. The Labute approximate surface area is 105 Å². The fourth-order valence-corrected chi connectivity index (χ4v) is 1.48. The number of urea groups is 1. The van der Waals surface area contributed by atoms with E-state index in [4.69, 9.17) is 10.2 Å². The molecule has 0 aliphatic carbocycles. The van der Waals surface area contributed by atoms with Crippen LogP contribution in [0.2, 0.25) is 0 Å². The number of aliphatic hydroxyl groups excluding tert-OH is 1. The van der Waals surface area contributed by atoms with Gasteiger partial charge in [-0.15, -0.1) is 0 Å². The molecule has 0 aliphatic rings. The van der Waals surface area contributed by atoms with Gasteiger partial charge in [-0.05, 0) is 0 Å². The Morgan fingerprint density at radius 2 is 1.89 bits per heavy atom. The average Bonchev–Trinajstić information content (AvgIpc) is 2.22. The molecular formula is C8H17N3O6S. The molecule has 0 fully saturated rings. The highest BCUT2D eigenvalue weighted by Crippen LogP contribution is 1.90. The van der Waals surface area contributed by atoms with E-state index in [1.807, 2.05) is 0 Å². The lowest BCUT2D eigenvalue weighted by Crippen LogP contribution is -2.47.